The number of nitro groups is 1. The van der Waals surface area contributed by atoms with E-state index < -0.39 is 22.2 Å². The smallest absolute Gasteiger partial charge is 0.270 e. The second kappa shape index (κ2) is 4.11. The predicted octanol–water partition coefficient (Wildman–Crippen LogP) is 1.63. The van der Waals surface area contributed by atoms with Crippen LogP contribution in [-0.4, -0.2) is 16.4 Å². The summed E-state index contributed by atoms with van der Waals surface area (Å²) in [7, 11) is 0. The molecule has 0 saturated heterocycles. The number of carbonyl (C=O) groups excluding carboxylic acids is 1. The van der Waals surface area contributed by atoms with Crippen molar-refractivity contribution in [1.82, 2.24) is 5.32 Å². The molecule has 2 rings (SSSR count). The molecule has 0 aliphatic heterocycles. The zero-order valence-electron chi connectivity index (χ0n) is 9.27. The fraction of sp³-hybridized carbons (Fsp3) is 0.250. The summed E-state index contributed by atoms with van der Waals surface area (Å²) in [6.07, 6.45) is 6.51. The van der Waals surface area contributed by atoms with Crippen molar-refractivity contribution >= 4 is 11.6 Å². The maximum Gasteiger partial charge on any atom is 0.270 e. The number of nitrogens with zero attached hydrogens (tertiary/aromatic N) is 1. The zero-order chi connectivity index (χ0) is 13.3. The first-order valence-electron chi connectivity index (χ1n) is 5.22. The standard InChI is InChI=1S/C12H9FN2O3/c1-2-12(5-6-12)14-11(16)9-7-8(15(17)18)3-4-10(9)13/h1,3-4,7H,5-6H2,(H,14,16). The van der Waals surface area contributed by atoms with Gasteiger partial charge in [0.2, 0.25) is 0 Å². The summed E-state index contributed by atoms with van der Waals surface area (Å²) >= 11 is 0. The van der Waals surface area contributed by atoms with Crippen molar-refractivity contribution in [3.05, 3.63) is 39.7 Å². The number of carbonyl (C=O) groups is 1. The number of nitro benzene ring substituents is 1. The van der Waals surface area contributed by atoms with Crippen molar-refractivity contribution in [2.24, 2.45) is 0 Å². The Labute approximate surface area is 102 Å². The van der Waals surface area contributed by atoms with Crippen molar-refractivity contribution in [1.29, 1.82) is 0 Å². The van der Waals surface area contributed by atoms with Gasteiger partial charge in [0.15, 0.2) is 0 Å². The Hall–Kier alpha value is -2.42. The van der Waals surface area contributed by atoms with Crippen LogP contribution in [-0.2, 0) is 0 Å². The number of nitrogens with one attached hydrogen (secondary N) is 1. The average Bonchev–Trinajstić information content (AvgIpc) is 3.09. The van der Waals surface area contributed by atoms with E-state index in [0.29, 0.717) is 12.8 Å². The van der Waals surface area contributed by atoms with Crippen molar-refractivity contribution in [2.75, 3.05) is 0 Å². The molecule has 1 saturated carbocycles. The van der Waals surface area contributed by atoms with Crippen LogP contribution in [0.3, 0.4) is 0 Å². The van der Waals surface area contributed by atoms with Gasteiger partial charge in [0.05, 0.1) is 10.5 Å². The van der Waals surface area contributed by atoms with E-state index in [1.54, 1.807) is 0 Å². The molecule has 6 heteroatoms. The molecular weight excluding hydrogens is 239 g/mol. The lowest BCUT2D eigenvalue weighted by Gasteiger charge is -2.10. The second-order valence-electron chi connectivity index (χ2n) is 4.10. The lowest BCUT2D eigenvalue weighted by Crippen LogP contribution is -2.36. The van der Waals surface area contributed by atoms with Crippen molar-refractivity contribution < 1.29 is 14.1 Å². The van der Waals surface area contributed by atoms with E-state index in [1.807, 2.05) is 0 Å². The van der Waals surface area contributed by atoms with Gasteiger partial charge in [-0.15, -0.1) is 6.42 Å². The van der Waals surface area contributed by atoms with Crippen molar-refractivity contribution in [3.63, 3.8) is 0 Å². The molecule has 1 aliphatic rings. The van der Waals surface area contributed by atoms with Crippen molar-refractivity contribution in [2.45, 2.75) is 18.4 Å². The molecule has 0 spiro atoms. The fourth-order valence-electron chi connectivity index (χ4n) is 1.52. The molecule has 1 amide bonds. The molecule has 0 bridgehead atoms. The molecule has 18 heavy (non-hydrogen) atoms. The molecule has 92 valence electrons. The van der Waals surface area contributed by atoms with Gasteiger partial charge < -0.3 is 5.32 Å². The van der Waals surface area contributed by atoms with E-state index in [2.05, 4.69) is 11.2 Å². The highest BCUT2D eigenvalue weighted by Crippen LogP contribution is 2.34. The highest BCUT2D eigenvalue weighted by atomic mass is 19.1. The fourth-order valence-corrected chi connectivity index (χ4v) is 1.52. The topological polar surface area (TPSA) is 72.2 Å². The van der Waals surface area contributed by atoms with E-state index in [0.717, 1.165) is 18.2 Å². The Morgan fingerprint density at radius 3 is 2.72 bits per heavy atom. The molecule has 0 atom stereocenters. The largest absolute Gasteiger partial charge is 0.336 e. The number of amides is 1. The normalized spacial score (nSPS) is 15.6. The zero-order valence-corrected chi connectivity index (χ0v) is 9.27. The third kappa shape index (κ3) is 2.15. The van der Waals surface area contributed by atoms with E-state index in [9.17, 15) is 19.3 Å². The molecule has 1 N–H and O–H groups in total. The molecule has 1 aliphatic carbocycles. The van der Waals surface area contributed by atoms with Gasteiger partial charge in [0.1, 0.15) is 11.4 Å². The summed E-state index contributed by atoms with van der Waals surface area (Å²) in [5, 5.41) is 13.1. The minimum Gasteiger partial charge on any atom is -0.336 e. The summed E-state index contributed by atoms with van der Waals surface area (Å²) in [6.45, 7) is 0. The van der Waals surface area contributed by atoms with Crippen molar-refractivity contribution in [3.8, 4) is 12.3 Å². The predicted molar refractivity (Wildman–Crippen MR) is 61.3 cm³/mol. The number of rotatable bonds is 3. The number of benzene rings is 1. The quantitative estimate of drug-likeness (QED) is 0.502. The molecule has 5 nitrogen and oxygen atoms in total. The summed E-state index contributed by atoms with van der Waals surface area (Å²) in [4.78, 5) is 21.7. The van der Waals surface area contributed by atoms with Crippen LogP contribution in [0, 0.1) is 28.3 Å². The SMILES string of the molecule is C#CC1(NC(=O)c2cc([N+](=O)[O-])ccc2F)CC1. The minimum atomic E-state index is -0.814. The Balaban J connectivity index is 2.27. The lowest BCUT2D eigenvalue weighted by atomic mass is 10.1. The highest BCUT2D eigenvalue weighted by molar-refractivity contribution is 5.96. The Kier molecular flexibility index (Phi) is 2.75. The Morgan fingerprint density at radius 2 is 2.22 bits per heavy atom. The van der Waals surface area contributed by atoms with Gasteiger partial charge in [-0.2, -0.15) is 0 Å². The van der Waals surface area contributed by atoms with Gasteiger partial charge in [0.25, 0.3) is 11.6 Å². The number of hydrogen-bond acceptors (Lipinski definition) is 3. The second-order valence-corrected chi connectivity index (χ2v) is 4.10. The van der Waals surface area contributed by atoms with E-state index in [-0.39, 0.29) is 11.3 Å². The van der Waals surface area contributed by atoms with Gasteiger partial charge in [-0.3, -0.25) is 14.9 Å². The third-order valence-electron chi connectivity index (χ3n) is 2.78. The number of non-ortho nitro benzene ring substituents is 1. The minimum absolute atomic E-state index is 0.341. The molecule has 1 fully saturated rings. The number of halogens is 1. The first kappa shape index (κ1) is 12.0. The first-order valence-corrected chi connectivity index (χ1v) is 5.22. The van der Waals surface area contributed by atoms with Crippen LogP contribution in [0.25, 0.3) is 0 Å². The van der Waals surface area contributed by atoms with Crippen LogP contribution in [0.2, 0.25) is 0 Å². The van der Waals surface area contributed by atoms with E-state index in [1.165, 1.54) is 0 Å². The molecule has 0 heterocycles. The molecular formula is C12H9FN2O3. The number of hydrogen-bond donors (Lipinski definition) is 1. The summed E-state index contributed by atoms with van der Waals surface area (Å²) in [5.41, 5.74) is -1.42. The van der Waals surface area contributed by atoms with Crippen LogP contribution in [0.1, 0.15) is 23.2 Å². The maximum absolute atomic E-state index is 13.4. The van der Waals surface area contributed by atoms with Gasteiger partial charge in [0, 0.05) is 12.1 Å². The summed E-state index contributed by atoms with van der Waals surface area (Å²) in [5.74, 6) is 0.878. The molecule has 1 aromatic rings. The maximum atomic E-state index is 13.4. The molecule has 0 aromatic heterocycles. The van der Waals surface area contributed by atoms with Crippen LogP contribution in [0.15, 0.2) is 18.2 Å². The third-order valence-corrected chi connectivity index (χ3v) is 2.78. The van der Waals surface area contributed by atoms with Crippen LogP contribution >= 0.6 is 0 Å². The Morgan fingerprint density at radius 1 is 1.56 bits per heavy atom. The van der Waals surface area contributed by atoms with Gasteiger partial charge in [-0.25, -0.2) is 4.39 Å². The van der Waals surface area contributed by atoms with Crippen LogP contribution in [0.4, 0.5) is 10.1 Å². The lowest BCUT2D eigenvalue weighted by molar-refractivity contribution is -0.384. The monoisotopic (exact) mass is 248 g/mol. The van der Waals surface area contributed by atoms with Gasteiger partial charge in [-0.1, -0.05) is 5.92 Å². The summed E-state index contributed by atoms with van der Waals surface area (Å²) < 4.78 is 13.4. The summed E-state index contributed by atoms with van der Waals surface area (Å²) in [6, 6.07) is 2.79. The van der Waals surface area contributed by atoms with Gasteiger partial charge in [-0.05, 0) is 18.9 Å². The van der Waals surface area contributed by atoms with Crippen LogP contribution < -0.4 is 5.32 Å². The molecule has 0 unspecified atom stereocenters. The molecule has 1 aromatic carbocycles. The van der Waals surface area contributed by atoms with Crippen LogP contribution in [0.5, 0.6) is 0 Å². The first-order chi connectivity index (χ1) is 8.47. The number of terminal acetylenes is 1. The highest BCUT2D eigenvalue weighted by Gasteiger charge is 2.42. The van der Waals surface area contributed by atoms with Gasteiger partial charge >= 0.3 is 0 Å². The van der Waals surface area contributed by atoms with E-state index >= 15 is 0 Å². The average molecular weight is 248 g/mol. The molecule has 0 radical (unpaired) electrons. The Bertz CT molecular complexity index is 573. The van der Waals surface area contributed by atoms with E-state index in [4.69, 9.17) is 6.42 Å².